The molecule has 0 bridgehead atoms. The molecule has 1 N–H and O–H groups in total. The van der Waals surface area contributed by atoms with E-state index in [1.165, 1.54) is 62.0 Å². The van der Waals surface area contributed by atoms with Crippen molar-refractivity contribution >= 4 is 11.4 Å². The molecule has 3 aliphatic rings. The Morgan fingerprint density at radius 1 is 1.03 bits per heavy atom. The first-order chi connectivity index (χ1) is 14.3. The topological polar surface area (TPSA) is 18.5 Å². The van der Waals surface area contributed by atoms with Crippen molar-refractivity contribution in [1.82, 2.24) is 4.90 Å². The van der Waals surface area contributed by atoms with Crippen LogP contribution in [0.1, 0.15) is 43.2 Å². The third-order valence-electron chi connectivity index (χ3n) is 7.04. The Labute approximate surface area is 173 Å². The summed E-state index contributed by atoms with van der Waals surface area (Å²) >= 11 is 0. The molecule has 1 unspecified atom stereocenters. The molecule has 3 heterocycles. The number of anilines is 2. The molecule has 1 saturated heterocycles. The van der Waals surface area contributed by atoms with Crippen LogP contribution < -0.4 is 10.2 Å². The number of aryl methyl sites for hydroxylation is 2. The van der Waals surface area contributed by atoms with E-state index in [1.54, 1.807) is 12.1 Å². The first kappa shape index (κ1) is 18.9. The minimum atomic E-state index is -0.106. The average Bonchev–Trinajstić information content (AvgIpc) is 3.08. The normalized spacial score (nSPS) is 21.8. The number of rotatable bonds is 6. The lowest BCUT2D eigenvalue weighted by Gasteiger charge is -2.37. The second-order valence-electron chi connectivity index (χ2n) is 9.04. The van der Waals surface area contributed by atoms with Crippen molar-refractivity contribution in [1.29, 1.82) is 0 Å². The highest BCUT2D eigenvalue weighted by Gasteiger charge is 2.35. The van der Waals surface area contributed by atoms with Crippen LogP contribution in [0, 0.1) is 11.7 Å². The molecule has 0 amide bonds. The van der Waals surface area contributed by atoms with E-state index in [0.717, 1.165) is 37.5 Å². The van der Waals surface area contributed by atoms with Gasteiger partial charge in [0.25, 0.3) is 0 Å². The van der Waals surface area contributed by atoms with E-state index < -0.39 is 0 Å². The fourth-order valence-electron chi connectivity index (χ4n) is 5.50. The van der Waals surface area contributed by atoms with Crippen LogP contribution in [0.5, 0.6) is 0 Å². The van der Waals surface area contributed by atoms with Gasteiger partial charge in [0.15, 0.2) is 0 Å². The van der Waals surface area contributed by atoms with E-state index >= 15 is 0 Å². The maximum Gasteiger partial charge on any atom is 0.125 e. The fraction of sp³-hybridized carbons (Fsp3) is 0.520. The van der Waals surface area contributed by atoms with E-state index in [0.29, 0.717) is 6.17 Å². The summed E-state index contributed by atoms with van der Waals surface area (Å²) in [5.74, 6) is 0.768. The van der Waals surface area contributed by atoms with E-state index in [2.05, 4.69) is 45.4 Å². The molecule has 0 spiro atoms. The zero-order chi connectivity index (χ0) is 19.6. The van der Waals surface area contributed by atoms with Crippen LogP contribution in [-0.4, -0.2) is 37.2 Å². The Balaban J connectivity index is 1.11. The molecule has 29 heavy (non-hydrogen) atoms. The predicted octanol–water partition coefficient (Wildman–Crippen LogP) is 5.06. The summed E-state index contributed by atoms with van der Waals surface area (Å²) < 4.78 is 13.9. The van der Waals surface area contributed by atoms with Crippen molar-refractivity contribution in [3.05, 3.63) is 59.4 Å². The number of nitrogens with zero attached hydrogens (tertiary/aromatic N) is 2. The van der Waals surface area contributed by atoms with Crippen LogP contribution in [0.25, 0.3) is 0 Å². The number of hydrogen-bond acceptors (Lipinski definition) is 3. The van der Waals surface area contributed by atoms with Gasteiger partial charge >= 0.3 is 0 Å². The van der Waals surface area contributed by atoms with Gasteiger partial charge in [-0.05, 0) is 80.8 Å². The lowest BCUT2D eigenvalue weighted by Crippen LogP contribution is -2.48. The molecule has 154 valence electrons. The molecule has 0 radical (unpaired) electrons. The second kappa shape index (κ2) is 8.35. The van der Waals surface area contributed by atoms with Gasteiger partial charge in [0.1, 0.15) is 12.0 Å². The molecule has 2 aromatic rings. The van der Waals surface area contributed by atoms with Gasteiger partial charge in [-0.3, -0.25) is 4.90 Å². The molecule has 5 rings (SSSR count). The lowest BCUT2D eigenvalue weighted by molar-refractivity contribution is 0.171. The number of hydrogen-bond donors (Lipinski definition) is 1. The van der Waals surface area contributed by atoms with Crippen LogP contribution in [0.15, 0.2) is 42.5 Å². The summed E-state index contributed by atoms with van der Waals surface area (Å²) in [6, 6.07) is 14.3. The van der Waals surface area contributed by atoms with Crippen molar-refractivity contribution in [2.45, 2.75) is 51.1 Å². The van der Waals surface area contributed by atoms with Crippen LogP contribution >= 0.6 is 0 Å². The largest absolute Gasteiger partial charge is 0.362 e. The third kappa shape index (κ3) is 4.13. The first-order valence-corrected chi connectivity index (χ1v) is 11.4. The van der Waals surface area contributed by atoms with Crippen LogP contribution in [-0.2, 0) is 12.8 Å². The van der Waals surface area contributed by atoms with Crippen molar-refractivity contribution in [2.24, 2.45) is 5.92 Å². The van der Waals surface area contributed by atoms with Gasteiger partial charge in [-0.1, -0.05) is 36.8 Å². The number of benzene rings is 2. The molecule has 0 aromatic heterocycles. The Kier molecular flexibility index (Phi) is 5.45. The molecule has 4 heteroatoms. The van der Waals surface area contributed by atoms with Gasteiger partial charge in [0.05, 0.1) is 11.4 Å². The van der Waals surface area contributed by atoms with Crippen molar-refractivity contribution in [3.8, 4) is 0 Å². The molecule has 2 aromatic carbocycles. The monoisotopic (exact) mass is 393 g/mol. The SMILES string of the molecule is Fc1cc2c3c(c1)NC(CN1CCC(CCCc4ccccc4)CC1)N3CCC2. The van der Waals surface area contributed by atoms with E-state index in [9.17, 15) is 4.39 Å². The Bertz CT molecular complexity index is 829. The first-order valence-electron chi connectivity index (χ1n) is 11.4. The summed E-state index contributed by atoms with van der Waals surface area (Å²) in [6.07, 6.45) is 8.90. The Morgan fingerprint density at radius 3 is 2.69 bits per heavy atom. The van der Waals surface area contributed by atoms with E-state index in [1.807, 2.05) is 0 Å². The lowest BCUT2D eigenvalue weighted by atomic mass is 9.90. The minimum absolute atomic E-state index is 0.106. The molecule has 1 fully saturated rings. The van der Waals surface area contributed by atoms with Crippen molar-refractivity contribution < 1.29 is 4.39 Å². The van der Waals surface area contributed by atoms with Gasteiger partial charge in [0, 0.05) is 13.1 Å². The number of piperidine rings is 1. The Morgan fingerprint density at radius 2 is 1.86 bits per heavy atom. The van der Waals surface area contributed by atoms with Gasteiger partial charge in [-0.25, -0.2) is 4.39 Å². The number of likely N-dealkylation sites (tertiary alicyclic amines) is 1. The highest BCUT2D eigenvalue weighted by molar-refractivity contribution is 5.80. The van der Waals surface area contributed by atoms with Gasteiger partial charge in [-0.2, -0.15) is 0 Å². The highest BCUT2D eigenvalue weighted by Crippen LogP contribution is 2.42. The fourth-order valence-corrected chi connectivity index (χ4v) is 5.50. The minimum Gasteiger partial charge on any atom is -0.362 e. The molecule has 3 nitrogen and oxygen atoms in total. The Hall–Kier alpha value is -2.07. The maximum absolute atomic E-state index is 13.9. The zero-order valence-electron chi connectivity index (χ0n) is 17.2. The average molecular weight is 394 g/mol. The van der Waals surface area contributed by atoms with Gasteiger partial charge in [-0.15, -0.1) is 0 Å². The van der Waals surface area contributed by atoms with Crippen LogP contribution in [0.4, 0.5) is 15.8 Å². The molecular weight excluding hydrogens is 361 g/mol. The molecule has 0 aliphatic carbocycles. The summed E-state index contributed by atoms with van der Waals surface area (Å²) in [5.41, 5.74) is 4.91. The summed E-state index contributed by atoms with van der Waals surface area (Å²) in [4.78, 5) is 5.10. The van der Waals surface area contributed by atoms with Gasteiger partial charge in [0.2, 0.25) is 0 Å². The predicted molar refractivity (Wildman–Crippen MR) is 118 cm³/mol. The molecular formula is C25H32FN3. The second-order valence-corrected chi connectivity index (χ2v) is 9.04. The smallest absolute Gasteiger partial charge is 0.125 e. The quantitative estimate of drug-likeness (QED) is 0.740. The summed E-state index contributed by atoms with van der Waals surface area (Å²) in [5, 5.41) is 3.61. The van der Waals surface area contributed by atoms with Crippen LogP contribution in [0.3, 0.4) is 0 Å². The standard InChI is InChI=1S/C25H32FN3/c26-22-16-21-10-5-13-29-24(27-23(17-22)25(21)29)18-28-14-11-20(12-15-28)9-4-8-19-6-2-1-3-7-19/h1-3,6-7,16-17,20,24,27H,4-5,8-15,18H2. The summed E-state index contributed by atoms with van der Waals surface area (Å²) in [7, 11) is 0. The number of nitrogens with one attached hydrogen (secondary N) is 1. The highest BCUT2D eigenvalue weighted by atomic mass is 19.1. The molecule has 0 saturated carbocycles. The zero-order valence-corrected chi connectivity index (χ0v) is 17.2. The van der Waals surface area contributed by atoms with E-state index in [4.69, 9.17) is 0 Å². The van der Waals surface area contributed by atoms with Gasteiger partial charge < -0.3 is 10.2 Å². The summed E-state index contributed by atoms with van der Waals surface area (Å²) in [6.45, 7) is 4.50. The van der Waals surface area contributed by atoms with Crippen molar-refractivity contribution in [3.63, 3.8) is 0 Å². The molecule has 3 aliphatic heterocycles. The third-order valence-corrected chi connectivity index (χ3v) is 7.04. The van der Waals surface area contributed by atoms with Crippen molar-refractivity contribution in [2.75, 3.05) is 36.4 Å². The van der Waals surface area contributed by atoms with Crippen LogP contribution in [0.2, 0.25) is 0 Å². The number of halogens is 1. The molecule has 1 atom stereocenters. The van der Waals surface area contributed by atoms with E-state index in [-0.39, 0.29) is 5.82 Å². The maximum atomic E-state index is 13.9.